The highest BCUT2D eigenvalue weighted by molar-refractivity contribution is 9.10. The summed E-state index contributed by atoms with van der Waals surface area (Å²) in [5.74, 6) is -0.656. The molecule has 0 atom stereocenters. The molecule has 0 radical (unpaired) electrons. The number of carboxylic acids is 1. The van der Waals surface area contributed by atoms with Gasteiger partial charge in [0.1, 0.15) is 17.3 Å². The van der Waals surface area contributed by atoms with Gasteiger partial charge < -0.3 is 9.84 Å². The fourth-order valence-corrected chi connectivity index (χ4v) is 1.83. The van der Waals surface area contributed by atoms with Gasteiger partial charge in [-0.25, -0.2) is 4.39 Å². The molecule has 0 unspecified atom stereocenters. The summed E-state index contributed by atoms with van der Waals surface area (Å²) in [4.78, 5) is 10.8. The van der Waals surface area contributed by atoms with Gasteiger partial charge in [0.25, 0.3) is 0 Å². The number of halogens is 2. The van der Waals surface area contributed by atoms with Crippen molar-refractivity contribution in [2.45, 2.75) is 6.42 Å². The lowest BCUT2D eigenvalue weighted by atomic mass is 10.1. The maximum absolute atomic E-state index is 13.4. The van der Waals surface area contributed by atoms with Crippen molar-refractivity contribution in [3.8, 4) is 11.5 Å². The number of rotatable bonds is 4. The molecule has 0 aliphatic carbocycles. The van der Waals surface area contributed by atoms with Crippen molar-refractivity contribution in [1.29, 1.82) is 0 Å². The van der Waals surface area contributed by atoms with Crippen molar-refractivity contribution in [3.05, 3.63) is 58.3 Å². The summed E-state index contributed by atoms with van der Waals surface area (Å²) in [5.41, 5.74) is 0.540. The summed E-state index contributed by atoms with van der Waals surface area (Å²) in [6.45, 7) is 0. The van der Waals surface area contributed by atoms with Gasteiger partial charge >= 0.3 is 5.97 Å². The van der Waals surface area contributed by atoms with E-state index in [0.29, 0.717) is 21.5 Å². The zero-order chi connectivity index (χ0) is 13.8. The number of benzene rings is 2. The number of hydrogen-bond acceptors (Lipinski definition) is 2. The van der Waals surface area contributed by atoms with Gasteiger partial charge in [0.2, 0.25) is 0 Å². The summed E-state index contributed by atoms with van der Waals surface area (Å²) < 4.78 is 19.2. The van der Waals surface area contributed by atoms with Crippen LogP contribution in [0.2, 0.25) is 0 Å². The first kappa shape index (κ1) is 13.5. The van der Waals surface area contributed by atoms with Crippen LogP contribution < -0.4 is 4.74 Å². The fourth-order valence-electron chi connectivity index (χ4n) is 1.58. The average Bonchev–Trinajstić information content (AvgIpc) is 2.36. The van der Waals surface area contributed by atoms with E-state index in [1.54, 1.807) is 30.3 Å². The smallest absolute Gasteiger partial charge is 0.307 e. The summed E-state index contributed by atoms with van der Waals surface area (Å²) in [7, 11) is 0. The highest BCUT2D eigenvalue weighted by Crippen LogP contribution is 2.28. The highest BCUT2D eigenvalue weighted by atomic mass is 79.9. The third kappa shape index (κ3) is 3.54. The average molecular weight is 325 g/mol. The van der Waals surface area contributed by atoms with Gasteiger partial charge in [0, 0.05) is 11.6 Å². The molecule has 0 bridgehead atoms. The molecule has 19 heavy (non-hydrogen) atoms. The van der Waals surface area contributed by atoms with Crippen molar-refractivity contribution in [1.82, 2.24) is 0 Å². The van der Waals surface area contributed by atoms with Gasteiger partial charge in [-0.05, 0) is 34.1 Å². The summed E-state index contributed by atoms with van der Waals surface area (Å²) in [6, 6.07) is 11.1. The van der Waals surface area contributed by atoms with Crippen molar-refractivity contribution >= 4 is 21.9 Å². The molecule has 0 heterocycles. The van der Waals surface area contributed by atoms with Crippen LogP contribution in [0.3, 0.4) is 0 Å². The molecule has 0 amide bonds. The van der Waals surface area contributed by atoms with Crippen molar-refractivity contribution in [2.24, 2.45) is 0 Å². The van der Waals surface area contributed by atoms with Crippen LogP contribution in [0.1, 0.15) is 5.56 Å². The summed E-state index contributed by atoms with van der Waals surface area (Å²) in [6.07, 6.45) is -0.144. The van der Waals surface area contributed by atoms with Crippen LogP contribution in [0.25, 0.3) is 0 Å². The first-order valence-electron chi connectivity index (χ1n) is 5.49. The Bertz CT molecular complexity index is 613. The van der Waals surface area contributed by atoms with E-state index in [1.165, 1.54) is 12.1 Å². The number of carboxylic acid groups (broad SMARTS) is 1. The molecule has 2 rings (SSSR count). The molecule has 0 spiro atoms. The Morgan fingerprint density at radius 1 is 1.26 bits per heavy atom. The quantitative estimate of drug-likeness (QED) is 0.924. The van der Waals surface area contributed by atoms with E-state index in [2.05, 4.69) is 15.9 Å². The van der Waals surface area contributed by atoms with Crippen LogP contribution in [-0.4, -0.2) is 11.1 Å². The molecule has 5 heteroatoms. The maximum atomic E-state index is 13.4. The lowest BCUT2D eigenvalue weighted by molar-refractivity contribution is -0.136. The van der Waals surface area contributed by atoms with Crippen LogP contribution >= 0.6 is 15.9 Å². The van der Waals surface area contributed by atoms with Crippen LogP contribution in [0.5, 0.6) is 11.5 Å². The second-order valence-electron chi connectivity index (χ2n) is 3.86. The molecule has 2 aromatic rings. The van der Waals surface area contributed by atoms with Crippen LogP contribution in [-0.2, 0) is 11.2 Å². The standard InChI is InChI=1S/C14H10BrFO3/c15-11-6-5-10(8-12(11)16)19-13-4-2-1-3-9(13)7-14(17)18/h1-6,8H,7H2,(H,17,18). The second kappa shape index (κ2) is 5.84. The zero-order valence-corrected chi connectivity index (χ0v) is 11.4. The largest absolute Gasteiger partial charge is 0.481 e. The lowest BCUT2D eigenvalue weighted by Crippen LogP contribution is -2.01. The molecule has 0 fully saturated rings. The predicted octanol–water partition coefficient (Wildman–Crippen LogP) is 4.01. The molecule has 0 aromatic heterocycles. The van der Waals surface area contributed by atoms with E-state index in [4.69, 9.17) is 9.84 Å². The maximum Gasteiger partial charge on any atom is 0.307 e. The first-order chi connectivity index (χ1) is 9.06. The van der Waals surface area contributed by atoms with Gasteiger partial charge in [-0.1, -0.05) is 18.2 Å². The molecule has 0 aliphatic rings. The fraction of sp³-hybridized carbons (Fsp3) is 0.0714. The topological polar surface area (TPSA) is 46.5 Å². The monoisotopic (exact) mass is 324 g/mol. The molecule has 0 aliphatic heterocycles. The van der Waals surface area contributed by atoms with E-state index in [9.17, 15) is 9.18 Å². The number of carbonyl (C=O) groups is 1. The Morgan fingerprint density at radius 3 is 2.68 bits per heavy atom. The number of ether oxygens (including phenoxy) is 1. The molecule has 0 saturated heterocycles. The molecular weight excluding hydrogens is 315 g/mol. The Hall–Kier alpha value is -1.88. The van der Waals surface area contributed by atoms with E-state index < -0.39 is 11.8 Å². The molecular formula is C14H10BrFO3. The number of hydrogen-bond donors (Lipinski definition) is 1. The predicted molar refractivity (Wildman–Crippen MR) is 72.0 cm³/mol. The van der Waals surface area contributed by atoms with E-state index in [-0.39, 0.29) is 6.42 Å². The van der Waals surface area contributed by atoms with Gasteiger partial charge in [-0.2, -0.15) is 0 Å². The van der Waals surface area contributed by atoms with Crippen LogP contribution in [0.4, 0.5) is 4.39 Å². The lowest BCUT2D eigenvalue weighted by Gasteiger charge is -2.10. The summed E-state index contributed by atoms with van der Waals surface area (Å²) in [5, 5.41) is 8.82. The van der Waals surface area contributed by atoms with Gasteiger partial charge in [0.15, 0.2) is 0 Å². The van der Waals surface area contributed by atoms with E-state index >= 15 is 0 Å². The molecule has 0 saturated carbocycles. The van der Waals surface area contributed by atoms with Crippen molar-refractivity contribution in [2.75, 3.05) is 0 Å². The third-order valence-electron chi connectivity index (χ3n) is 2.43. The van der Waals surface area contributed by atoms with Gasteiger partial charge in [0.05, 0.1) is 10.9 Å². The molecule has 1 N–H and O–H groups in total. The molecule has 2 aromatic carbocycles. The minimum atomic E-state index is -0.946. The number of aliphatic carboxylic acids is 1. The highest BCUT2D eigenvalue weighted by Gasteiger charge is 2.09. The summed E-state index contributed by atoms with van der Waals surface area (Å²) >= 11 is 3.05. The molecule has 3 nitrogen and oxygen atoms in total. The third-order valence-corrected chi connectivity index (χ3v) is 3.08. The first-order valence-corrected chi connectivity index (χ1v) is 6.28. The Kier molecular flexibility index (Phi) is 4.16. The minimum Gasteiger partial charge on any atom is -0.481 e. The molecule has 98 valence electrons. The Morgan fingerprint density at radius 2 is 2.00 bits per heavy atom. The van der Waals surface area contributed by atoms with Gasteiger partial charge in [-0.3, -0.25) is 4.79 Å². The zero-order valence-electron chi connectivity index (χ0n) is 9.77. The SMILES string of the molecule is O=C(O)Cc1ccccc1Oc1ccc(Br)c(F)c1. The van der Waals surface area contributed by atoms with Crippen molar-refractivity contribution < 1.29 is 19.0 Å². The Labute approximate surface area is 117 Å². The van der Waals surface area contributed by atoms with Crippen molar-refractivity contribution in [3.63, 3.8) is 0 Å². The van der Waals surface area contributed by atoms with Crippen LogP contribution in [0.15, 0.2) is 46.9 Å². The number of para-hydroxylation sites is 1. The minimum absolute atomic E-state index is 0.144. The normalized spacial score (nSPS) is 10.2. The van der Waals surface area contributed by atoms with E-state index in [1.807, 2.05) is 0 Å². The van der Waals surface area contributed by atoms with E-state index in [0.717, 1.165) is 0 Å². The second-order valence-corrected chi connectivity index (χ2v) is 4.71. The van der Waals surface area contributed by atoms with Gasteiger partial charge in [-0.15, -0.1) is 0 Å². The Balaban J connectivity index is 2.27. The van der Waals surface area contributed by atoms with Crippen LogP contribution in [0, 0.1) is 5.82 Å².